The van der Waals surface area contributed by atoms with Crippen molar-refractivity contribution in [2.45, 2.75) is 23.6 Å². The van der Waals surface area contributed by atoms with E-state index in [-0.39, 0.29) is 12.5 Å². The van der Waals surface area contributed by atoms with Crippen molar-refractivity contribution in [3.8, 4) is 5.75 Å². The van der Waals surface area contributed by atoms with Crippen LogP contribution in [0.1, 0.15) is 18.4 Å². The van der Waals surface area contributed by atoms with Crippen LogP contribution < -0.4 is 9.64 Å². The smallest absolute Gasteiger partial charge is 0.252 e. The molecule has 0 radical (unpaired) electrons. The number of nitrogens with zero attached hydrogens (tertiary/aromatic N) is 4. The number of pyridine rings is 1. The maximum Gasteiger partial charge on any atom is 0.252 e. The number of fused-ring (bicyclic) bond motifs is 1. The van der Waals surface area contributed by atoms with Gasteiger partial charge in [-0.05, 0) is 48.1 Å². The molecule has 1 saturated heterocycles. The van der Waals surface area contributed by atoms with Crippen LogP contribution in [0, 0.1) is 5.92 Å². The third-order valence-corrected chi connectivity index (χ3v) is 10.3. The second kappa shape index (κ2) is 10.0. The van der Waals surface area contributed by atoms with Crippen molar-refractivity contribution in [3.05, 3.63) is 65.8 Å². The number of thiophene rings is 1. The average Bonchev–Trinajstić information content (AvgIpc) is 3.58. The lowest BCUT2D eigenvalue weighted by molar-refractivity contribution is -0.123. The molecular formula is C24H24N4O4S3. The molecule has 1 atom stereocenters. The Bertz CT molecular complexity index is 1420. The summed E-state index contributed by atoms with van der Waals surface area (Å²) in [4.78, 5) is 24.5. The summed E-state index contributed by atoms with van der Waals surface area (Å²) in [5.41, 5.74) is 1.57. The van der Waals surface area contributed by atoms with Gasteiger partial charge in [0.05, 0.1) is 24.3 Å². The summed E-state index contributed by atoms with van der Waals surface area (Å²) in [6.07, 6.45) is 4.65. The Morgan fingerprint density at radius 1 is 1.23 bits per heavy atom. The first-order chi connectivity index (χ1) is 17.0. The third-order valence-electron chi connectivity index (χ3n) is 5.97. The molecule has 11 heteroatoms. The molecule has 8 nitrogen and oxygen atoms in total. The summed E-state index contributed by atoms with van der Waals surface area (Å²) >= 11 is 2.61. The van der Waals surface area contributed by atoms with Crippen molar-refractivity contribution >= 4 is 54.0 Å². The van der Waals surface area contributed by atoms with Crippen molar-refractivity contribution in [2.24, 2.45) is 5.92 Å². The first-order valence-corrected chi connectivity index (χ1v) is 14.3. The van der Waals surface area contributed by atoms with E-state index in [1.54, 1.807) is 41.9 Å². The van der Waals surface area contributed by atoms with Crippen LogP contribution in [-0.2, 0) is 21.4 Å². The average molecular weight is 529 g/mol. The van der Waals surface area contributed by atoms with Gasteiger partial charge >= 0.3 is 0 Å². The molecule has 1 aliphatic heterocycles. The molecule has 4 heterocycles. The van der Waals surface area contributed by atoms with Crippen LogP contribution >= 0.6 is 22.7 Å². The number of carbonyl (C=O) groups excluding carboxylic acids is 1. The van der Waals surface area contributed by atoms with Crippen LogP contribution in [0.2, 0.25) is 0 Å². The van der Waals surface area contributed by atoms with Crippen molar-refractivity contribution in [3.63, 3.8) is 0 Å². The van der Waals surface area contributed by atoms with Crippen molar-refractivity contribution in [1.29, 1.82) is 0 Å². The molecule has 182 valence electrons. The summed E-state index contributed by atoms with van der Waals surface area (Å²) in [5.74, 6) is 0.0340. The van der Waals surface area contributed by atoms with Gasteiger partial charge in [0.25, 0.3) is 10.0 Å². The summed E-state index contributed by atoms with van der Waals surface area (Å²) in [6.45, 7) is 0.852. The fourth-order valence-electron chi connectivity index (χ4n) is 4.23. The molecule has 1 amide bonds. The van der Waals surface area contributed by atoms with Crippen LogP contribution in [0.3, 0.4) is 0 Å². The number of methoxy groups -OCH3 is 1. The van der Waals surface area contributed by atoms with Crippen LogP contribution in [0.4, 0.5) is 5.13 Å². The maximum atomic E-state index is 13.9. The predicted octanol–water partition coefficient (Wildman–Crippen LogP) is 4.40. The van der Waals surface area contributed by atoms with Crippen LogP contribution in [0.5, 0.6) is 5.75 Å². The highest BCUT2D eigenvalue weighted by Crippen LogP contribution is 2.36. The lowest BCUT2D eigenvalue weighted by atomic mass is 9.98. The van der Waals surface area contributed by atoms with Crippen LogP contribution in [0.25, 0.3) is 10.2 Å². The van der Waals surface area contributed by atoms with E-state index in [4.69, 9.17) is 9.72 Å². The monoisotopic (exact) mass is 528 g/mol. The molecule has 1 fully saturated rings. The third kappa shape index (κ3) is 4.81. The van der Waals surface area contributed by atoms with Gasteiger partial charge in [0, 0.05) is 25.5 Å². The second-order valence-corrected chi connectivity index (χ2v) is 12.3. The molecule has 0 bridgehead atoms. The highest BCUT2D eigenvalue weighted by Gasteiger charge is 2.36. The first-order valence-electron chi connectivity index (χ1n) is 11.1. The molecule has 1 unspecified atom stereocenters. The minimum absolute atomic E-state index is 0.141. The highest BCUT2D eigenvalue weighted by atomic mass is 32.2. The number of thiazole rings is 1. The van der Waals surface area contributed by atoms with E-state index in [1.165, 1.54) is 27.0 Å². The van der Waals surface area contributed by atoms with E-state index in [9.17, 15) is 13.2 Å². The quantitative estimate of drug-likeness (QED) is 0.353. The van der Waals surface area contributed by atoms with Gasteiger partial charge < -0.3 is 4.74 Å². The van der Waals surface area contributed by atoms with E-state index >= 15 is 0 Å². The lowest BCUT2D eigenvalue weighted by Gasteiger charge is -2.33. The number of rotatable bonds is 7. The minimum Gasteiger partial charge on any atom is -0.494 e. The Balaban J connectivity index is 1.47. The van der Waals surface area contributed by atoms with E-state index in [0.717, 1.165) is 10.3 Å². The van der Waals surface area contributed by atoms with Gasteiger partial charge in [0.2, 0.25) is 5.91 Å². The maximum absolute atomic E-state index is 13.9. The van der Waals surface area contributed by atoms with Gasteiger partial charge in [-0.1, -0.05) is 29.5 Å². The summed E-state index contributed by atoms with van der Waals surface area (Å²) in [7, 11) is -2.03. The SMILES string of the molecule is COc1cccc2sc(N(Cc3cccnc3)C(=O)C3CCCN(S(=O)(=O)c4cccs4)C3)nc12. The number of para-hydroxylation sites is 1. The number of anilines is 1. The first kappa shape index (κ1) is 23.9. The zero-order valence-corrected chi connectivity index (χ0v) is 21.5. The summed E-state index contributed by atoms with van der Waals surface area (Å²) < 4.78 is 34.3. The van der Waals surface area contributed by atoms with Gasteiger partial charge in [-0.2, -0.15) is 4.31 Å². The Morgan fingerprint density at radius 3 is 2.86 bits per heavy atom. The zero-order valence-electron chi connectivity index (χ0n) is 19.0. The number of sulfonamides is 1. The number of aromatic nitrogens is 2. The number of carbonyl (C=O) groups is 1. The van der Waals surface area contributed by atoms with Gasteiger partial charge in [-0.3, -0.25) is 14.7 Å². The number of hydrogen-bond acceptors (Lipinski definition) is 8. The predicted molar refractivity (Wildman–Crippen MR) is 137 cm³/mol. The van der Waals surface area contributed by atoms with Gasteiger partial charge in [-0.25, -0.2) is 13.4 Å². The molecule has 35 heavy (non-hydrogen) atoms. The normalized spacial score (nSPS) is 16.9. The van der Waals surface area contributed by atoms with Crippen molar-refractivity contribution in [1.82, 2.24) is 14.3 Å². The second-order valence-electron chi connectivity index (χ2n) is 8.22. The number of benzene rings is 1. The Kier molecular flexibility index (Phi) is 6.83. The molecule has 5 rings (SSSR count). The van der Waals surface area contributed by atoms with Crippen LogP contribution in [0.15, 0.2) is 64.4 Å². The van der Waals surface area contributed by atoms with Crippen LogP contribution in [-0.4, -0.2) is 48.8 Å². The summed E-state index contributed by atoms with van der Waals surface area (Å²) in [6, 6.07) is 12.8. The zero-order chi connectivity index (χ0) is 24.4. The standard InChI is InChI=1S/C24H24N4O4S3/c1-32-19-8-2-9-20-22(19)26-24(34-20)28(15-17-6-3-11-25-14-17)23(29)18-7-4-12-27(16-18)35(30,31)21-10-5-13-33-21/h2-3,5-6,8-11,13-14,18H,4,7,12,15-16H2,1H3. The van der Waals surface area contributed by atoms with Gasteiger partial charge in [0.15, 0.2) is 5.13 Å². The fourth-order valence-corrected chi connectivity index (χ4v) is 7.88. The van der Waals surface area contributed by atoms with Gasteiger partial charge in [0.1, 0.15) is 15.5 Å². The Labute approximate surface area is 211 Å². The number of piperidine rings is 1. The number of ether oxygens (including phenoxy) is 1. The molecule has 1 aromatic carbocycles. The molecule has 1 aliphatic rings. The lowest BCUT2D eigenvalue weighted by Crippen LogP contribution is -2.46. The number of hydrogen-bond donors (Lipinski definition) is 0. The molecule has 0 N–H and O–H groups in total. The highest BCUT2D eigenvalue weighted by molar-refractivity contribution is 7.91. The van der Waals surface area contributed by atoms with E-state index in [0.29, 0.717) is 46.5 Å². The molecule has 3 aromatic heterocycles. The largest absolute Gasteiger partial charge is 0.494 e. The number of amides is 1. The van der Waals surface area contributed by atoms with E-state index in [2.05, 4.69) is 4.98 Å². The molecule has 0 spiro atoms. The molecule has 0 saturated carbocycles. The molecule has 0 aliphatic carbocycles. The van der Waals surface area contributed by atoms with Crippen molar-refractivity contribution < 1.29 is 17.9 Å². The Morgan fingerprint density at radius 2 is 2.11 bits per heavy atom. The fraction of sp³-hybridized carbons (Fsp3) is 0.292. The summed E-state index contributed by atoms with van der Waals surface area (Å²) in [5, 5.41) is 2.30. The Hall–Kier alpha value is -2.86. The molecule has 4 aromatic rings. The minimum atomic E-state index is -3.62. The van der Waals surface area contributed by atoms with E-state index < -0.39 is 15.9 Å². The van der Waals surface area contributed by atoms with E-state index in [1.807, 2.05) is 30.3 Å². The molecular weight excluding hydrogens is 504 g/mol. The topological polar surface area (TPSA) is 92.7 Å². The van der Waals surface area contributed by atoms with Gasteiger partial charge in [-0.15, -0.1) is 11.3 Å². The van der Waals surface area contributed by atoms with Crippen molar-refractivity contribution in [2.75, 3.05) is 25.1 Å².